The van der Waals surface area contributed by atoms with Gasteiger partial charge in [-0.25, -0.2) is 4.39 Å². The molecule has 1 aliphatic heterocycles. The minimum Gasteiger partial charge on any atom is -0.385 e. The summed E-state index contributed by atoms with van der Waals surface area (Å²) < 4.78 is 14.1. The molecule has 19 heavy (non-hydrogen) atoms. The molecule has 1 unspecified atom stereocenters. The Labute approximate surface area is 116 Å². The maximum atomic E-state index is 14.1. The highest BCUT2D eigenvalue weighted by molar-refractivity contribution is 5.56. The summed E-state index contributed by atoms with van der Waals surface area (Å²) in [6.45, 7) is 7.30. The van der Waals surface area contributed by atoms with Crippen LogP contribution in [0.4, 0.5) is 15.8 Å². The zero-order valence-corrected chi connectivity index (χ0v) is 12.1. The molecule has 2 rings (SSSR count). The van der Waals surface area contributed by atoms with Gasteiger partial charge < -0.3 is 10.2 Å². The second-order valence-electron chi connectivity index (χ2n) is 5.64. The average molecular weight is 264 g/mol. The predicted octanol–water partition coefficient (Wildman–Crippen LogP) is 4.27. The number of anilines is 2. The minimum atomic E-state index is -0.102. The van der Waals surface area contributed by atoms with Crippen LogP contribution in [-0.2, 0) is 0 Å². The first-order chi connectivity index (χ1) is 9.20. The molecule has 0 aliphatic carbocycles. The number of hydrogen-bond acceptors (Lipinski definition) is 2. The van der Waals surface area contributed by atoms with Gasteiger partial charge >= 0.3 is 0 Å². The van der Waals surface area contributed by atoms with Crippen molar-refractivity contribution in [2.24, 2.45) is 5.92 Å². The van der Waals surface area contributed by atoms with Crippen LogP contribution in [0.5, 0.6) is 0 Å². The molecule has 0 radical (unpaired) electrons. The fourth-order valence-corrected chi connectivity index (χ4v) is 2.72. The summed E-state index contributed by atoms with van der Waals surface area (Å²) in [6, 6.07) is 5.54. The molecule has 1 N–H and O–H groups in total. The Balaban J connectivity index is 1.94. The van der Waals surface area contributed by atoms with E-state index in [0.717, 1.165) is 31.0 Å². The van der Waals surface area contributed by atoms with Gasteiger partial charge in [-0.1, -0.05) is 20.3 Å². The third-order valence-corrected chi connectivity index (χ3v) is 3.83. The first-order valence-corrected chi connectivity index (χ1v) is 7.49. The number of benzene rings is 1. The van der Waals surface area contributed by atoms with Crippen molar-refractivity contribution < 1.29 is 4.39 Å². The molecular formula is C16H25FN2. The van der Waals surface area contributed by atoms with Crippen LogP contribution in [-0.4, -0.2) is 19.6 Å². The Morgan fingerprint density at radius 3 is 2.68 bits per heavy atom. The zero-order chi connectivity index (χ0) is 13.7. The molecule has 1 aromatic rings. The van der Waals surface area contributed by atoms with Gasteiger partial charge in [0, 0.05) is 25.3 Å². The monoisotopic (exact) mass is 264 g/mol. The van der Waals surface area contributed by atoms with E-state index in [1.54, 1.807) is 6.07 Å². The summed E-state index contributed by atoms with van der Waals surface area (Å²) in [7, 11) is 0. The third-order valence-electron chi connectivity index (χ3n) is 3.83. The number of halogens is 1. The lowest BCUT2D eigenvalue weighted by Gasteiger charge is -2.19. The number of nitrogens with one attached hydrogen (secondary N) is 1. The van der Waals surface area contributed by atoms with Crippen LogP contribution in [0.15, 0.2) is 18.2 Å². The first kappa shape index (κ1) is 14.2. The second-order valence-corrected chi connectivity index (χ2v) is 5.64. The van der Waals surface area contributed by atoms with Crippen LogP contribution in [0.25, 0.3) is 0 Å². The maximum Gasteiger partial charge on any atom is 0.148 e. The minimum absolute atomic E-state index is 0.102. The maximum absolute atomic E-state index is 14.1. The SMILES string of the molecule is CCCC(C)CNc1ccc(N2CCCC2)c(F)c1. The van der Waals surface area contributed by atoms with E-state index < -0.39 is 0 Å². The molecule has 0 saturated carbocycles. The molecule has 1 heterocycles. The standard InChI is InChI=1S/C16H25FN2/c1-3-6-13(2)12-18-14-7-8-16(15(17)11-14)19-9-4-5-10-19/h7-8,11,13,18H,3-6,9-10,12H2,1-2H3. The lowest BCUT2D eigenvalue weighted by Crippen LogP contribution is -2.19. The average Bonchev–Trinajstić information content (AvgIpc) is 2.90. The van der Waals surface area contributed by atoms with Crippen molar-refractivity contribution in [3.63, 3.8) is 0 Å². The van der Waals surface area contributed by atoms with Crippen LogP contribution >= 0.6 is 0 Å². The third kappa shape index (κ3) is 3.85. The normalized spacial score (nSPS) is 16.7. The van der Waals surface area contributed by atoms with E-state index in [2.05, 4.69) is 24.1 Å². The molecule has 1 atom stereocenters. The summed E-state index contributed by atoms with van der Waals surface area (Å²) >= 11 is 0. The fraction of sp³-hybridized carbons (Fsp3) is 0.625. The van der Waals surface area contributed by atoms with Crippen LogP contribution in [0.1, 0.15) is 39.5 Å². The molecule has 0 spiro atoms. The molecule has 106 valence electrons. The van der Waals surface area contributed by atoms with Gasteiger partial charge in [0.25, 0.3) is 0 Å². The van der Waals surface area contributed by atoms with Crippen molar-refractivity contribution in [2.45, 2.75) is 39.5 Å². The summed E-state index contributed by atoms with van der Waals surface area (Å²) in [4.78, 5) is 2.14. The van der Waals surface area contributed by atoms with Gasteiger partial charge in [-0.3, -0.25) is 0 Å². The molecule has 1 aromatic carbocycles. The Kier molecular flexibility index (Phi) is 5.06. The molecule has 1 fully saturated rings. The van der Waals surface area contributed by atoms with Crippen LogP contribution in [0, 0.1) is 11.7 Å². The van der Waals surface area contributed by atoms with Crippen molar-refractivity contribution in [3.05, 3.63) is 24.0 Å². The summed E-state index contributed by atoms with van der Waals surface area (Å²) in [6.07, 6.45) is 4.76. The smallest absolute Gasteiger partial charge is 0.148 e. The van der Waals surface area contributed by atoms with Crippen molar-refractivity contribution in [1.82, 2.24) is 0 Å². The molecular weight excluding hydrogens is 239 g/mol. The van der Waals surface area contributed by atoms with E-state index in [1.165, 1.54) is 25.7 Å². The van der Waals surface area contributed by atoms with E-state index in [4.69, 9.17) is 0 Å². The molecule has 1 aliphatic rings. The number of nitrogens with zero attached hydrogens (tertiary/aromatic N) is 1. The molecule has 0 aromatic heterocycles. The molecule has 0 amide bonds. The van der Waals surface area contributed by atoms with Crippen molar-refractivity contribution in [1.29, 1.82) is 0 Å². The highest BCUT2D eigenvalue weighted by Crippen LogP contribution is 2.26. The number of rotatable bonds is 6. The first-order valence-electron chi connectivity index (χ1n) is 7.49. The van der Waals surface area contributed by atoms with Crippen LogP contribution in [0.2, 0.25) is 0 Å². The lowest BCUT2D eigenvalue weighted by molar-refractivity contribution is 0.550. The van der Waals surface area contributed by atoms with Crippen molar-refractivity contribution in [3.8, 4) is 0 Å². The summed E-state index contributed by atoms with van der Waals surface area (Å²) in [5.74, 6) is 0.529. The Hall–Kier alpha value is -1.25. The van der Waals surface area contributed by atoms with Crippen molar-refractivity contribution >= 4 is 11.4 Å². The van der Waals surface area contributed by atoms with E-state index in [1.807, 2.05) is 12.1 Å². The Morgan fingerprint density at radius 2 is 2.05 bits per heavy atom. The van der Waals surface area contributed by atoms with E-state index >= 15 is 0 Å². The lowest BCUT2D eigenvalue weighted by atomic mass is 10.1. The molecule has 3 heteroatoms. The largest absolute Gasteiger partial charge is 0.385 e. The van der Waals surface area contributed by atoms with Gasteiger partial charge in [-0.2, -0.15) is 0 Å². The van der Waals surface area contributed by atoms with Gasteiger partial charge in [0.2, 0.25) is 0 Å². The van der Waals surface area contributed by atoms with Gasteiger partial charge in [0.15, 0.2) is 0 Å². The zero-order valence-electron chi connectivity index (χ0n) is 12.1. The molecule has 0 bridgehead atoms. The predicted molar refractivity (Wildman–Crippen MR) is 80.4 cm³/mol. The Bertz CT molecular complexity index is 400. The fourth-order valence-electron chi connectivity index (χ4n) is 2.72. The summed E-state index contributed by atoms with van der Waals surface area (Å²) in [5.41, 5.74) is 1.65. The van der Waals surface area contributed by atoms with Crippen molar-refractivity contribution in [2.75, 3.05) is 29.9 Å². The van der Waals surface area contributed by atoms with Crippen LogP contribution in [0.3, 0.4) is 0 Å². The van der Waals surface area contributed by atoms with Gasteiger partial charge in [-0.15, -0.1) is 0 Å². The highest BCUT2D eigenvalue weighted by Gasteiger charge is 2.16. The topological polar surface area (TPSA) is 15.3 Å². The Morgan fingerprint density at radius 1 is 1.32 bits per heavy atom. The van der Waals surface area contributed by atoms with E-state index in [9.17, 15) is 4.39 Å². The number of hydrogen-bond donors (Lipinski definition) is 1. The van der Waals surface area contributed by atoms with Gasteiger partial charge in [0.05, 0.1) is 5.69 Å². The summed E-state index contributed by atoms with van der Waals surface area (Å²) in [5, 5.41) is 3.33. The van der Waals surface area contributed by atoms with Crippen LogP contribution < -0.4 is 10.2 Å². The van der Waals surface area contributed by atoms with E-state index in [-0.39, 0.29) is 5.82 Å². The van der Waals surface area contributed by atoms with E-state index in [0.29, 0.717) is 5.92 Å². The highest BCUT2D eigenvalue weighted by atomic mass is 19.1. The van der Waals surface area contributed by atoms with Gasteiger partial charge in [-0.05, 0) is 43.4 Å². The molecule has 2 nitrogen and oxygen atoms in total. The quantitative estimate of drug-likeness (QED) is 0.825. The second kappa shape index (κ2) is 6.78. The molecule has 1 saturated heterocycles. The van der Waals surface area contributed by atoms with Gasteiger partial charge in [0.1, 0.15) is 5.82 Å².